The Morgan fingerprint density at radius 2 is 2.21 bits per heavy atom. The number of carbonyl (C=O) groups is 1. The van der Waals surface area contributed by atoms with Crippen LogP contribution in [0.5, 0.6) is 5.75 Å². The lowest BCUT2D eigenvalue weighted by Crippen LogP contribution is -2.20. The van der Waals surface area contributed by atoms with Crippen molar-refractivity contribution >= 4 is 11.6 Å². The third-order valence-corrected chi connectivity index (χ3v) is 2.61. The zero-order valence-corrected chi connectivity index (χ0v) is 11.5. The molecule has 0 fully saturated rings. The summed E-state index contributed by atoms with van der Waals surface area (Å²) in [4.78, 5) is 11.7. The number of ether oxygens (including phenoxy) is 2. The Hall–Kier alpha value is -1.59. The molecule has 0 radical (unpaired) electrons. The van der Waals surface area contributed by atoms with E-state index in [0.29, 0.717) is 31.9 Å². The van der Waals surface area contributed by atoms with Gasteiger partial charge in [0.05, 0.1) is 6.61 Å². The first-order valence-corrected chi connectivity index (χ1v) is 6.37. The molecule has 0 saturated heterocycles. The number of nitrogens with one attached hydrogen (secondary N) is 1. The molecule has 3 N–H and O–H groups in total. The van der Waals surface area contributed by atoms with Crippen molar-refractivity contribution in [2.45, 2.75) is 13.3 Å². The minimum absolute atomic E-state index is 0.0352. The van der Waals surface area contributed by atoms with Crippen molar-refractivity contribution in [1.29, 1.82) is 0 Å². The predicted molar refractivity (Wildman–Crippen MR) is 75.3 cm³/mol. The summed E-state index contributed by atoms with van der Waals surface area (Å²) in [6, 6.07) is 7.30. The molecule has 0 heterocycles. The number of hydrogen-bond acceptors (Lipinski definition) is 4. The van der Waals surface area contributed by atoms with Crippen LogP contribution in [0.25, 0.3) is 0 Å². The Kier molecular flexibility index (Phi) is 6.92. The molecule has 0 aliphatic rings. The lowest BCUT2D eigenvalue weighted by atomic mass is 10.1. The average molecular weight is 266 g/mol. The van der Waals surface area contributed by atoms with Crippen LogP contribution >= 0.6 is 0 Å². The van der Waals surface area contributed by atoms with Crippen molar-refractivity contribution < 1.29 is 14.3 Å². The largest absolute Gasteiger partial charge is 0.491 e. The standard InChI is InChI=1S/C14H22N2O3/c1-11(10-15)8-14(17)16-12-4-3-5-13(9-12)19-7-6-18-2/h3-5,9,11H,6-8,10,15H2,1-2H3,(H,16,17). The van der Waals surface area contributed by atoms with Crippen LogP contribution in [0, 0.1) is 5.92 Å². The van der Waals surface area contributed by atoms with Gasteiger partial charge in [0.2, 0.25) is 5.91 Å². The van der Waals surface area contributed by atoms with E-state index in [9.17, 15) is 4.79 Å². The third kappa shape index (κ3) is 6.22. The van der Waals surface area contributed by atoms with Crippen molar-refractivity contribution in [2.75, 3.05) is 32.2 Å². The van der Waals surface area contributed by atoms with Gasteiger partial charge in [-0.05, 0) is 24.6 Å². The van der Waals surface area contributed by atoms with Crippen LogP contribution in [0.2, 0.25) is 0 Å². The lowest BCUT2D eigenvalue weighted by Gasteiger charge is -2.11. The molecule has 1 unspecified atom stereocenters. The van der Waals surface area contributed by atoms with Crippen LogP contribution in [0.1, 0.15) is 13.3 Å². The van der Waals surface area contributed by atoms with Crippen molar-refractivity contribution in [1.82, 2.24) is 0 Å². The second-order valence-corrected chi connectivity index (χ2v) is 4.46. The molecule has 106 valence electrons. The molecular formula is C14H22N2O3. The number of benzene rings is 1. The molecule has 0 aromatic heterocycles. The van der Waals surface area contributed by atoms with Crippen LogP contribution in [-0.2, 0) is 9.53 Å². The Balaban J connectivity index is 2.49. The van der Waals surface area contributed by atoms with Gasteiger partial charge < -0.3 is 20.5 Å². The van der Waals surface area contributed by atoms with E-state index in [1.54, 1.807) is 13.2 Å². The summed E-state index contributed by atoms with van der Waals surface area (Å²) in [6.45, 7) is 3.47. The van der Waals surface area contributed by atoms with Crippen LogP contribution in [0.4, 0.5) is 5.69 Å². The van der Waals surface area contributed by atoms with Gasteiger partial charge in [0, 0.05) is 25.3 Å². The maximum Gasteiger partial charge on any atom is 0.224 e. The van der Waals surface area contributed by atoms with Gasteiger partial charge >= 0.3 is 0 Å². The molecule has 1 rings (SSSR count). The summed E-state index contributed by atoms with van der Waals surface area (Å²) in [7, 11) is 1.62. The van der Waals surface area contributed by atoms with Crippen LogP contribution < -0.4 is 15.8 Å². The van der Waals surface area contributed by atoms with Gasteiger partial charge in [0.1, 0.15) is 12.4 Å². The molecule has 1 aromatic rings. The topological polar surface area (TPSA) is 73.6 Å². The normalized spacial score (nSPS) is 11.9. The highest BCUT2D eigenvalue weighted by Gasteiger charge is 2.08. The molecular weight excluding hydrogens is 244 g/mol. The SMILES string of the molecule is COCCOc1cccc(NC(=O)CC(C)CN)c1. The highest BCUT2D eigenvalue weighted by Crippen LogP contribution is 2.17. The van der Waals surface area contributed by atoms with E-state index in [2.05, 4.69) is 5.32 Å². The molecule has 19 heavy (non-hydrogen) atoms. The summed E-state index contributed by atoms with van der Waals surface area (Å²) < 4.78 is 10.4. The molecule has 0 aliphatic heterocycles. The molecule has 5 nitrogen and oxygen atoms in total. The first-order chi connectivity index (χ1) is 9.15. The Labute approximate surface area is 114 Å². The Morgan fingerprint density at radius 3 is 2.89 bits per heavy atom. The zero-order valence-electron chi connectivity index (χ0n) is 11.5. The smallest absolute Gasteiger partial charge is 0.224 e. The number of methoxy groups -OCH3 is 1. The van der Waals surface area contributed by atoms with Gasteiger partial charge in [0.25, 0.3) is 0 Å². The van der Waals surface area contributed by atoms with E-state index in [4.69, 9.17) is 15.2 Å². The van der Waals surface area contributed by atoms with E-state index in [1.807, 2.05) is 25.1 Å². The summed E-state index contributed by atoms with van der Waals surface area (Å²) in [5, 5.41) is 2.83. The van der Waals surface area contributed by atoms with Crippen molar-refractivity contribution in [2.24, 2.45) is 11.7 Å². The molecule has 1 amide bonds. The maximum absolute atomic E-state index is 11.7. The number of carbonyl (C=O) groups excluding carboxylic acids is 1. The summed E-state index contributed by atoms with van der Waals surface area (Å²) in [5.74, 6) is 0.856. The van der Waals surface area contributed by atoms with Crippen molar-refractivity contribution in [3.63, 3.8) is 0 Å². The minimum Gasteiger partial charge on any atom is -0.491 e. The molecule has 0 saturated carbocycles. The summed E-state index contributed by atoms with van der Waals surface area (Å²) >= 11 is 0. The van der Waals surface area contributed by atoms with Gasteiger partial charge in [0.15, 0.2) is 0 Å². The molecule has 1 aromatic carbocycles. The number of rotatable bonds is 8. The van der Waals surface area contributed by atoms with Gasteiger partial charge in [-0.2, -0.15) is 0 Å². The second kappa shape index (κ2) is 8.50. The van der Waals surface area contributed by atoms with Crippen LogP contribution in [0.15, 0.2) is 24.3 Å². The van der Waals surface area contributed by atoms with E-state index < -0.39 is 0 Å². The molecule has 1 atom stereocenters. The van der Waals surface area contributed by atoms with E-state index in [0.717, 1.165) is 5.69 Å². The number of anilines is 1. The summed E-state index contributed by atoms with van der Waals surface area (Å²) in [6.07, 6.45) is 0.422. The van der Waals surface area contributed by atoms with Crippen molar-refractivity contribution in [3.05, 3.63) is 24.3 Å². The molecule has 0 aliphatic carbocycles. The fourth-order valence-electron chi connectivity index (χ4n) is 1.52. The Morgan fingerprint density at radius 1 is 1.42 bits per heavy atom. The van der Waals surface area contributed by atoms with Crippen molar-refractivity contribution in [3.8, 4) is 5.75 Å². The lowest BCUT2D eigenvalue weighted by molar-refractivity contribution is -0.116. The number of amides is 1. The molecule has 5 heteroatoms. The van der Waals surface area contributed by atoms with Crippen LogP contribution in [0.3, 0.4) is 0 Å². The summed E-state index contributed by atoms with van der Waals surface area (Å²) in [5.41, 5.74) is 6.22. The van der Waals surface area contributed by atoms with Gasteiger partial charge in [-0.15, -0.1) is 0 Å². The highest BCUT2D eigenvalue weighted by molar-refractivity contribution is 5.91. The van der Waals surface area contributed by atoms with E-state index in [1.165, 1.54) is 0 Å². The van der Waals surface area contributed by atoms with Gasteiger partial charge in [-0.3, -0.25) is 4.79 Å². The minimum atomic E-state index is -0.0352. The first-order valence-electron chi connectivity index (χ1n) is 6.37. The van der Waals surface area contributed by atoms with Gasteiger partial charge in [-0.25, -0.2) is 0 Å². The zero-order chi connectivity index (χ0) is 14.1. The Bertz CT molecular complexity index is 396. The fraction of sp³-hybridized carbons (Fsp3) is 0.500. The van der Waals surface area contributed by atoms with Crippen LogP contribution in [-0.4, -0.2) is 32.8 Å². The second-order valence-electron chi connectivity index (χ2n) is 4.46. The highest BCUT2D eigenvalue weighted by atomic mass is 16.5. The van der Waals surface area contributed by atoms with Gasteiger partial charge in [-0.1, -0.05) is 13.0 Å². The van der Waals surface area contributed by atoms with E-state index in [-0.39, 0.29) is 11.8 Å². The number of hydrogen-bond donors (Lipinski definition) is 2. The fourth-order valence-corrected chi connectivity index (χ4v) is 1.52. The predicted octanol–water partition coefficient (Wildman–Crippen LogP) is 1.64. The maximum atomic E-state index is 11.7. The third-order valence-electron chi connectivity index (χ3n) is 2.61. The molecule has 0 bridgehead atoms. The molecule has 0 spiro atoms. The monoisotopic (exact) mass is 266 g/mol. The van der Waals surface area contributed by atoms with E-state index >= 15 is 0 Å². The number of nitrogens with two attached hydrogens (primary N) is 1. The first kappa shape index (κ1) is 15.5. The average Bonchev–Trinajstić information content (AvgIpc) is 2.39. The quantitative estimate of drug-likeness (QED) is 0.701.